The molecule has 0 amide bonds. The van der Waals surface area contributed by atoms with Crippen molar-refractivity contribution in [2.75, 3.05) is 0 Å². The van der Waals surface area contributed by atoms with E-state index < -0.39 is 0 Å². The van der Waals surface area contributed by atoms with Gasteiger partial charge in [-0.15, -0.1) is 0 Å². The van der Waals surface area contributed by atoms with Crippen molar-refractivity contribution in [2.45, 2.75) is 34.5 Å². The van der Waals surface area contributed by atoms with E-state index in [9.17, 15) is 0 Å². The topological polar surface area (TPSA) is 52.1 Å². The number of nitrogens with zero attached hydrogens (tertiary/aromatic N) is 2. The fraction of sp³-hybridized carbons (Fsp3) is 0.500. The van der Waals surface area contributed by atoms with Crippen molar-refractivity contribution in [3.8, 4) is 11.4 Å². The molecule has 98 valence electrons. The van der Waals surface area contributed by atoms with Gasteiger partial charge in [-0.1, -0.05) is 71.1 Å². The first-order valence-electron chi connectivity index (χ1n) is 5.49. The third-order valence-electron chi connectivity index (χ3n) is 2.39. The zero-order valence-electron chi connectivity index (χ0n) is 10.6. The SMILES string of the molecule is CC(C)(C)c1cc(-c2coc(C(C)(I)I)n2)no1. The summed E-state index contributed by atoms with van der Waals surface area (Å²) >= 11 is 4.56. The molecule has 2 rings (SSSR count). The van der Waals surface area contributed by atoms with Gasteiger partial charge in [0.2, 0.25) is 5.89 Å². The Kier molecular flexibility index (Phi) is 3.79. The fourth-order valence-corrected chi connectivity index (χ4v) is 1.84. The Bertz CT molecular complexity index is 497. The van der Waals surface area contributed by atoms with Crippen LogP contribution in [0, 0.1) is 0 Å². The van der Waals surface area contributed by atoms with Crippen LogP contribution in [0.15, 0.2) is 21.3 Å². The van der Waals surface area contributed by atoms with Crippen LogP contribution in [0.1, 0.15) is 39.3 Å². The van der Waals surface area contributed by atoms with Crippen molar-refractivity contribution in [3.63, 3.8) is 0 Å². The standard InChI is InChI=1S/C12H14I2N2O2/c1-11(2,3)9-5-7(16-18-9)8-6-17-10(15-8)12(4,13)14/h5-6H,1-4H3. The van der Waals surface area contributed by atoms with E-state index in [0.717, 1.165) is 5.76 Å². The highest BCUT2D eigenvalue weighted by Crippen LogP contribution is 2.39. The van der Waals surface area contributed by atoms with Crippen LogP contribution < -0.4 is 0 Å². The normalized spacial score (nSPS) is 13.0. The van der Waals surface area contributed by atoms with E-state index in [1.54, 1.807) is 6.26 Å². The summed E-state index contributed by atoms with van der Waals surface area (Å²) in [6, 6.07) is 1.92. The molecular formula is C12H14I2N2O2. The number of oxazole rings is 1. The lowest BCUT2D eigenvalue weighted by Gasteiger charge is -2.11. The first-order valence-corrected chi connectivity index (χ1v) is 7.65. The molecule has 0 aromatic carbocycles. The summed E-state index contributed by atoms with van der Waals surface area (Å²) in [4.78, 5) is 4.44. The van der Waals surface area contributed by atoms with Crippen molar-refractivity contribution in [1.82, 2.24) is 10.1 Å². The third kappa shape index (κ3) is 3.06. The summed E-state index contributed by atoms with van der Waals surface area (Å²) < 4.78 is 10.7. The molecule has 0 atom stereocenters. The minimum atomic E-state index is -0.162. The molecule has 0 unspecified atom stereocenters. The number of aromatic nitrogens is 2. The van der Waals surface area contributed by atoms with Crippen LogP contribution in [-0.2, 0) is 6.84 Å². The minimum Gasteiger partial charge on any atom is -0.446 e. The molecule has 2 heterocycles. The molecule has 6 heteroatoms. The van der Waals surface area contributed by atoms with Crippen LogP contribution in [0.3, 0.4) is 0 Å². The van der Waals surface area contributed by atoms with E-state index in [0.29, 0.717) is 17.3 Å². The number of hydrogen-bond donors (Lipinski definition) is 0. The van der Waals surface area contributed by atoms with Gasteiger partial charge >= 0.3 is 0 Å². The quantitative estimate of drug-likeness (QED) is 0.471. The molecule has 0 fully saturated rings. The van der Waals surface area contributed by atoms with Crippen LogP contribution in [0.25, 0.3) is 11.4 Å². The summed E-state index contributed by atoms with van der Waals surface area (Å²) in [7, 11) is 0. The molecule has 2 aromatic rings. The largest absolute Gasteiger partial charge is 0.446 e. The molecule has 18 heavy (non-hydrogen) atoms. The maximum absolute atomic E-state index is 5.47. The number of hydrogen-bond acceptors (Lipinski definition) is 4. The molecule has 0 aliphatic heterocycles. The van der Waals surface area contributed by atoms with Crippen molar-refractivity contribution in [2.24, 2.45) is 0 Å². The van der Waals surface area contributed by atoms with Gasteiger partial charge in [0.25, 0.3) is 0 Å². The van der Waals surface area contributed by atoms with Crippen molar-refractivity contribution in [1.29, 1.82) is 0 Å². The van der Waals surface area contributed by atoms with Gasteiger partial charge in [-0.2, -0.15) is 0 Å². The highest BCUT2D eigenvalue weighted by molar-refractivity contribution is 14.2. The number of alkyl halides is 2. The Balaban J connectivity index is 2.33. The second kappa shape index (κ2) is 4.77. The average Bonchev–Trinajstić information content (AvgIpc) is 2.84. The summed E-state index contributed by atoms with van der Waals surface area (Å²) in [6.07, 6.45) is 1.62. The predicted molar refractivity (Wildman–Crippen MR) is 86.1 cm³/mol. The highest BCUT2D eigenvalue weighted by Gasteiger charge is 2.26. The van der Waals surface area contributed by atoms with Crippen LogP contribution >= 0.6 is 45.2 Å². The zero-order chi connectivity index (χ0) is 13.6. The zero-order valence-corrected chi connectivity index (χ0v) is 14.9. The van der Waals surface area contributed by atoms with Gasteiger partial charge in [-0.3, -0.25) is 0 Å². The molecule has 0 bridgehead atoms. The minimum absolute atomic E-state index is 0.0567. The molecule has 0 saturated heterocycles. The lowest BCUT2D eigenvalue weighted by Crippen LogP contribution is -2.09. The second-order valence-corrected chi connectivity index (χ2v) is 11.6. The fourth-order valence-electron chi connectivity index (χ4n) is 1.34. The van der Waals surface area contributed by atoms with Gasteiger partial charge in [0.15, 0.2) is 0 Å². The van der Waals surface area contributed by atoms with Crippen molar-refractivity contribution < 1.29 is 8.94 Å². The molecule has 0 N–H and O–H groups in total. The highest BCUT2D eigenvalue weighted by atomic mass is 127. The smallest absolute Gasteiger partial charge is 0.220 e. The van der Waals surface area contributed by atoms with Crippen molar-refractivity contribution >= 4 is 45.2 Å². The first kappa shape index (κ1) is 14.3. The molecule has 4 nitrogen and oxygen atoms in total. The summed E-state index contributed by atoms with van der Waals surface area (Å²) in [5.74, 6) is 1.52. The Hall–Kier alpha value is -0.120. The van der Waals surface area contributed by atoms with Gasteiger partial charge < -0.3 is 8.94 Å². The van der Waals surface area contributed by atoms with E-state index in [-0.39, 0.29) is 6.84 Å². The second-order valence-electron chi connectivity index (χ2n) is 5.25. The maximum Gasteiger partial charge on any atom is 0.220 e. The van der Waals surface area contributed by atoms with Crippen LogP contribution in [-0.4, -0.2) is 10.1 Å². The Morgan fingerprint density at radius 3 is 2.22 bits per heavy atom. The predicted octanol–water partition coefficient (Wildman–Crippen LogP) is 4.67. The van der Waals surface area contributed by atoms with Gasteiger partial charge in [-0.05, 0) is 6.92 Å². The summed E-state index contributed by atoms with van der Waals surface area (Å²) in [5, 5.41) is 4.05. The van der Waals surface area contributed by atoms with E-state index in [2.05, 4.69) is 76.1 Å². The summed E-state index contributed by atoms with van der Waals surface area (Å²) in [5.41, 5.74) is 1.37. The number of rotatable bonds is 2. The molecular weight excluding hydrogens is 458 g/mol. The lowest BCUT2D eigenvalue weighted by atomic mass is 9.93. The Morgan fingerprint density at radius 2 is 1.78 bits per heavy atom. The average molecular weight is 472 g/mol. The van der Waals surface area contributed by atoms with Crippen LogP contribution in [0.2, 0.25) is 0 Å². The Morgan fingerprint density at radius 1 is 1.11 bits per heavy atom. The molecule has 0 aliphatic carbocycles. The van der Waals surface area contributed by atoms with Crippen molar-refractivity contribution in [3.05, 3.63) is 24.0 Å². The van der Waals surface area contributed by atoms with E-state index in [4.69, 9.17) is 8.94 Å². The lowest BCUT2D eigenvalue weighted by molar-refractivity contribution is 0.330. The van der Waals surface area contributed by atoms with E-state index in [1.807, 2.05) is 13.0 Å². The van der Waals surface area contributed by atoms with Gasteiger partial charge in [0.1, 0.15) is 24.8 Å². The van der Waals surface area contributed by atoms with E-state index >= 15 is 0 Å². The van der Waals surface area contributed by atoms with Gasteiger partial charge in [0.05, 0.1) is 0 Å². The first-order chi connectivity index (χ1) is 8.18. The summed E-state index contributed by atoms with van der Waals surface area (Å²) in [6.45, 7) is 8.28. The molecule has 2 aromatic heterocycles. The van der Waals surface area contributed by atoms with Crippen LogP contribution in [0.5, 0.6) is 0 Å². The molecule has 0 saturated carbocycles. The molecule has 0 spiro atoms. The molecule has 0 radical (unpaired) electrons. The Labute approximate surface area is 133 Å². The van der Waals surface area contributed by atoms with Gasteiger partial charge in [-0.25, -0.2) is 4.98 Å². The van der Waals surface area contributed by atoms with Gasteiger partial charge in [0, 0.05) is 11.5 Å². The number of halogens is 2. The third-order valence-corrected chi connectivity index (χ3v) is 3.31. The van der Waals surface area contributed by atoms with Crippen LogP contribution in [0.4, 0.5) is 0 Å². The monoisotopic (exact) mass is 472 g/mol. The maximum atomic E-state index is 5.47. The molecule has 0 aliphatic rings. The van der Waals surface area contributed by atoms with E-state index in [1.165, 1.54) is 0 Å².